The van der Waals surface area contributed by atoms with Gasteiger partial charge < -0.3 is 19.7 Å². The first-order chi connectivity index (χ1) is 23.7. The number of nitrogens with one attached hydrogen (secondary N) is 1. The number of methoxy groups -OCH3 is 2. The minimum absolute atomic E-state index is 0.0239. The van der Waals surface area contributed by atoms with Crippen molar-refractivity contribution in [2.75, 3.05) is 66.6 Å². The van der Waals surface area contributed by atoms with E-state index in [-0.39, 0.29) is 49.6 Å². The quantitative estimate of drug-likeness (QED) is 0.239. The molecular weight excluding hydrogens is 703 g/mol. The number of amides is 4. The van der Waals surface area contributed by atoms with Gasteiger partial charge in [0.2, 0.25) is 11.8 Å². The molecule has 49 heavy (non-hydrogen) atoms. The smallest absolute Gasteiger partial charge is 0.266 e. The fourth-order valence-electron chi connectivity index (χ4n) is 5.48. The number of piperazine rings is 1. The summed E-state index contributed by atoms with van der Waals surface area (Å²) < 4.78 is 11.6. The summed E-state index contributed by atoms with van der Waals surface area (Å²) >= 11 is 13.3. The lowest BCUT2D eigenvalue weighted by molar-refractivity contribution is -0.133. The lowest BCUT2D eigenvalue weighted by Crippen LogP contribution is -2.50. The molecule has 3 saturated heterocycles. The molecule has 15 heteroatoms. The molecule has 3 aliphatic rings. The maximum absolute atomic E-state index is 13.0. The number of para-hydroxylation sites is 2. The number of nitrogens with zero attached hydrogens (tertiary/aromatic N) is 4. The topological polar surface area (TPSA) is 112 Å². The van der Waals surface area contributed by atoms with E-state index in [9.17, 15) is 19.2 Å². The van der Waals surface area contributed by atoms with Gasteiger partial charge >= 0.3 is 0 Å². The van der Waals surface area contributed by atoms with Crippen LogP contribution in [0.2, 0.25) is 0 Å². The molecule has 0 spiro atoms. The van der Waals surface area contributed by atoms with Gasteiger partial charge in [-0.25, -0.2) is 0 Å². The summed E-state index contributed by atoms with van der Waals surface area (Å²) in [6.45, 7) is 4.02. The fraction of sp³-hybridized carbons (Fsp3) is 0.353. The van der Waals surface area contributed by atoms with E-state index in [0.717, 1.165) is 11.1 Å². The second-order valence-electron chi connectivity index (χ2n) is 11.2. The van der Waals surface area contributed by atoms with Crippen LogP contribution in [0.25, 0.3) is 12.2 Å². The average molecular weight is 740 g/mol. The van der Waals surface area contributed by atoms with Crippen molar-refractivity contribution < 1.29 is 28.7 Å². The summed E-state index contributed by atoms with van der Waals surface area (Å²) in [5.41, 5.74) is 1.57. The van der Waals surface area contributed by atoms with Gasteiger partial charge in [0, 0.05) is 76.3 Å². The van der Waals surface area contributed by atoms with Crippen molar-refractivity contribution >= 4 is 92.4 Å². The van der Waals surface area contributed by atoms with Crippen LogP contribution in [-0.4, -0.2) is 118 Å². The average Bonchev–Trinajstić information content (AvgIpc) is 3.53. The van der Waals surface area contributed by atoms with Gasteiger partial charge in [-0.2, -0.15) is 0 Å². The summed E-state index contributed by atoms with van der Waals surface area (Å²) in [7, 11) is 3.16. The van der Waals surface area contributed by atoms with E-state index in [1.807, 2.05) is 53.4 Å². The number of thiocarbonyl (C=S) groups is 2. The first-order valence-corrected chi connectivity index (χ1v) is 18.2. The fourth-order valence-corrected chi connectivity index (χ4v) is 8.08. The predicted octanol–water partition coefficient (Wildman–Crippen LogP) is 3.85. The van der Waals surface area contributed by atoms with Crippen molar-refractivity contribution in [1.29, 1.82) is 0 Å². The second kappa shape index (κ2) is 17.3. The molecule has 0 unspecified atom stereocenters. The van der Waals surface area contributed by atoms with Crippen LogP contribution >= 0.6 is 48.0 Å². The van der Waals surface area contributed by atoms with Crippen LogP contribution in [0.4, 0.5) is 0 Å². The first-order valence-electron chi connectivity index (χ1n) is 15.7. The predicted molar refractivity (Wildman–Crippen MR) is 201 cm³/mol. The standard InChI is InChI=1S/C34H37N5O6S4/c1-44-25-9-5-3-7-23(25)21-27-31(42)38(33(46)48-27)14-11-29(40)35-13-16-36-17-19-37(20-18-36)30(41)12-15-39-32(43)28(49-34(39)47)22-24-8-4-6-10-26(24)45-2/h3-10,21-22H,11-20H2,1-2H3,(H,35,40)/b27-21+,28-22-. The zero-order valence-corrected chi connectivity index (χ0v) is 30.5. The number of hydrogen-bond donors (Lipinski definition) is 1. The van der Waals surface area contributed by atoms with E-state index in [4.69, 9.17) is 33.9 Å². The highest BCUT2D eigenvalue weighted by Gasteiger charge is 2.34. The SMILES string of the molecule is COc1ccccc1/C=C1\SC(=S)N(CCC(=O)N2CCN(CCNC(=O)CCN3C(=O)/C(=C\c4ccccc4OC)SC3=S)CC2)C1=O. The van der Waals surface area contributed by atoms with Gasteiger partial charge in [-0.05, 0) is 24.3 Å². The van der Waals surface area contributed by atoms with Gasteiger partial charge in [0.25, 0.3) is 11.8 Å². The summed E-state index contributed by atoms with van der Waals surface area (Å²) in [5, 5.41) is 2.93. The van der Waals surface area contributed by atoms with Gasteiger partial charge in [0.15, 0.2) is 0 Å². The van der Waals surface area contributed by atoms with Gasteiger partial charge in [0.05, 0.1) is 24.0 Å². The Labute approximate surface area is 305 Å². The minimum Gasteiger partial charge on any atom is -0.496 e. The summed E-state index contributed by atoms with van der Waals surface area (Å²) in [4.78, 5) is 59.5. The molecule has 1 N–H and O–H groups in total. The molecule has 0 atom stereocenters. The van der Waals surface area contributed by atoms with E-state index < -0.39 is 0 Å². The third kappa shape index (κ3) is 9.28. The molecule has 3 aliphatic heterocycles. The maximum atomic E-state index is 13.0. The molecule has 0 aromatic heterocycles. The van der Waals surface area contributed by atoms with Gasteiger partial charge in [-0.1, -0.05) is 84.4 Å². The van der Waals surface area contributed by atoms with Crippen LogP contribution in [0.5, 0.6) is 11.5 Å². The Hall–Kier alpha value is -3.76. The highest BCUT2D eigenvalue weighted by molar-refractivity contribution is 8.27. The summed E-state index contributed by atoms with van der Waals surface area (Å²) in [6, 6.07) is 14.9. The van der Waals surface area contributed by atoms with Gasteiger partial charge in [-0.15, -0.1) is 0 Å². The molecule has 4 amide bonds. The van der Waals surface area contributed by atoms with Crippen molar-refractivity contribution in [3.05, 3.63) is 69.5 Å². The number of carbonyl (C=O) groups is 4. The Morgan fingerprint density at radius 1 is 0.755 bits per heavy atom. The van der Waals surface area contributed by atoms with E-state index >= 15 is 0 Å². The van der Waals surface area contributed by atoms with Crippen LogP contribution in [-0.2, 0) is 19.2 Å². The zero-order chi connectivity index (χ0) is 34.9. The van der Waals surface area contributed by atoms with E-state index in [2.05, 4.69) is 10.2 Å². The highest BCUT2D eigenvalue weighted by Crippen LogP contribution is 2.35. The summed E-state index contributed by atoms with van der Waals surface area (Å²) in [5.74, 6) is 0.708. The maximum Gasteiger partial charge on any atom is 0.266 e. The van der Waals surface area contributed by atoms with Crippen molar-refractivity contribution in [1.82, 2.24) is 24.9 Å². The zero-order valence-electron chi connectivity index (χ0n) is 27.2. The van der Waals surface area contributed by atoms with Crippen molar-refractivity contribution in [2.45, 2.75) is 12.8 Å². The molecule has 3 fully saturated rings. The van der Waals surface area contributed by atoms with Crippen molar-refractivity contribution in [3.8, 4) is 11.5 Å². The van der Waals surface area contributed by atoms with Crippen LogP contribution in [0.15, 0.2) is 58.3 Å². The number of benzene rings is 2. The Balaban J connectivity index is 0.990. The largest absolute Gasteiger partial charge is 0.496 e. The molecule has 5 rings (SSSR count). The normalized spacial score (nSPS) is 18.6. The molecule has 2 aromatic carbocycles. The third-order valence-corrected chi connectivity index (χ3v) is 10.9. The third-order valence-electron chi connectivity index (χ3n) is 8.19. The molecule has 11 nitrogen and oxygen atoms in total. The van der Waals surface area contributed by atoms with Gasteiger partial charge in [0.1, 0.15) is 20.1 Å². The molecule has 258 valence electrons. The van der Waals surface area contributed by atoms with Crippen LogP contribution in [0.1, 0.15) is 24.0 Å². The Kier molecular flexibility index (Phi) is 12.9. The molecule has 0 radical (unpaired) electrons. The van der Waals surface area contributed by atoms with E-state index in [1.54, 1.807) is 26.4 Å². The van der Waals surface area contributed by atoms with E-state index in [0.29, 0.717) is 69.2 Å². The van der Waals surface area contributed by atoms with E-state index in [1.165, 1.54) is 33.3 Å². The second-order valence-corrected chi connectivity index (χ2v) is 14.6. The van der Waals surface area contributed by atoms with Crippen molar-refractivity contribution in [3.63, 3.8) is 0 Å². The molecule has 0 saturated carbocycles. The monoisotopic (exact) mass is 739 g/mol. The Bertz CT molecular complexity index is 1690. The van der Waals surface area contributed by atoms with Crippen LogP contribution < -0.4 is 14.8 Å². The molecule has 2 aromatic rings. The summed E-state index contributed by atoms with van der Waals surface area (Å²) in [6.07, 6.45) is 3.84. The number of rotatable bonds is 13. The number of hydrogen-bond acceptors (Lipinski definition) is 11. The number of ether oxygens (including phenoxy) is 2. The van der Waals surface area contributed by atoms with Crippen LogP contribution in [0, 0.1) is 0 Å². The highest BCUT2D eigenvalue weighted by atomic mass is 32.2. The van der Waals surface area contributed by atoms with Crippen LogP contribution in [0.3, 0.4) is 0 Å². The number of thioether (sulfide) groups is 2. The molecular formula is C34H37N5O6S4. The minimum atomic E-state index is -0.222. The number of carbonyl (C=O) groups excluding carboxylic acids is 4. The van der Waals surface area contributed by atoms with Crippen molar-refractivity contribution in [2.24, 2.45) is 0 Å². The van der Waals surface area contributed by atoms with Gasteiger partial charge in [-0.3, -0.25) is 33.9 Å². The molecule has 3 heterocycles. The Morgan fingerprint density at radius 3 is 1.76 bits per heavy atom. The molecule has 0 bridgehead atoms. The lowest BCUT2D eigenvalue weighted by Gasteiger charge is -2.35. The first kappa shape index (κ1) is 36.5. The Morgan fingerprint density at radius 2 is 1.24 bits per heavy atom. The lowest BCUT2D eigenvalue weighted by atomic mass is 10.2. The molecule has 0 aliphatic carbocycles.